The maximum atomic E-state index is 12.8. The SMILES string of the molecule is Cc1cc2c3c([nH]c2cc1S(=O)(=O)Nc1ccc(Cl)cc1)CCCC3=O. The molecule has 1 aliphatic carbocycles. The van der Waals surface area contributed by atoms with E-state index in [1.165, 1.54) is 0 Å². The third kappa shape index (κ3) is 2.89. The number of aromatic nitrogens is 1. The van der Waals surface area contributed by atoms with Gasteiger partial charge in [-0.3, -0.25) is 9.52 Å². The summed E-state index contributed by atoms with van der Waals surface area (Å²) in [6, 6.07) is 9.86. The van der Waals surface area contributed by atoms with Crippen molar-refractivity contribution in [2.75, 3.05) is 4.72 Å². The Labute approximate surface area is 156 Å². The molecule has 2 N–H and O–H groups in total. The molecular weight excluding hydrogens is 372 g/mol. The number of hydrogen-bond acceptors (Lipinski definition) is 3. The first-order valence-corrected chi connectivity index (χ1v) is 10.2. The number of carbonyl (C=O) groups excluding carboxylic acids is 1. The van der Waals surface area contributed by atoms with Crippen molar-refractivity contribution in [1.29, 1.82) is 0 Å². The molecule has 4 rings (SSSR count). The molecule has 26 heavy (non-hydrogen) atoms. The second-order valence-corrected chi connectivity index (χ2v) is 8.62. The van der Waals surface area contributed by atoms with Gasteiger partial charge in [-0.2, -0.15) is 0 Å². The lowest BCUT2D eigenvalue weighted by Crippen LogP contribution is -2.14. The van der Waals surface area contributed by atoms with E-state index in [2.05, 4.69) is 9.71 Å². The second kappa shape index (κ2) is 6.14. The zero-order chi connectivity index (χ0) is 18.5. The Bertz CT molecular complexity index is 1130. The van der Waals surface area contributed by atoms with E-state index in [1.807, 2.05) is 0 Å². The number of rotatable bonds is 3. The van der Waals surface area contributed by atoms with Crippen molar-refractivity contribution in [3.63, 3.8) is 0 Å². The van der Waals surface area contributed by atoms with Crippen molar-refractivity contribution < 1.29 is 13.2 Å². The lowest BCUT2D eigenvalue weighted by molar-refractivity contribution is 0.0974. The van der Waals surface area contributed by atoms with Crippen molar-refractivity contribution in [3.8, 4) is 0 Å². The third-order valence-corrected chi connectivity index (χ3v) is 6.44. The maximum absolute atomic E-state index is 12.8. The van der Waals surface area contributed by atoms with Gasteiger partial charge >= 0.3 is 0 Å². The number of halogens is 1. The van der Waals surface area contributed by atoms with E-state index in [0.717, 1.165) is 23.9 Å². The molecule has 0 saturated carbocycles. The summed E-state index contributed by atoms with van der Waals surface area (Å²) in [5, 5.41) is 1.33. The van der Waals surface area contributed by atoms with Gasteiger partial charge in [0.25, 0.3) is 10.0 Å². The van der Waals surface area contributed by atoms with Gasteiger partial charge < -0.3 is 4.98 Å². The zero-order valence-corrected chi connectivity index (χ0v) is 15.7. The molecule has 3 aromatic rings. The molecule has 0 bridgehead atoms. The average molecular weight is 389 g/mol. The highest BCUT2D eigenvalue weighted by Crippen LogP contribution is 2.32. The topological polar surface area (TPSA) is 79.0 Å². The Balaban J connectivity index is 1.80. The monoisotopic (exact) mass is 388 g/mol. The van der Waals surface area contributed by atoms with Crippen molar-refractivity contribution >= 4 is 44.0 Å². The normalized spacial score (nSPS) is 14.5. The lowest BCUT2D eigenvalue weighted by atomic mass is 9.94. The number of sulfonamides is 1. The van der Waals surface area contributed by atoms with Crippen LogP contribution in [-0.2, 0) is 16.4 Å². The minimum atomic E-state index is -3.76. The largest absolute Gasteiger partial charge is 0.358 e. The van der Waals surface area contributed by atoms with Crippen LogP contribution in [0.15, 0.2) is 41.3 Å². The molecule has 0 amide bonds. The number of aryl methyl sites for hydroxylation is 2. The number of benzene rings is 2. The summed E-state index contributed by atoms with van der Waals surface area (Å²) in [5.41, 5.74) is 3.32. The fraction of sp³-hybridized carbons (Fsp3) is 0.211. The molecule has 0 atom stereocenters. The van der Waals surface area contributed by atoms with E-state index >= 15 is 0 Å². The Morgan fingerprint density at radius 3 is 2.58 bits per heavy atom. The number of ketones is 1. The quantitative estimate of drug-likeness (QED) is 0.695. The van der Waals surface area contributed by atoms with E-state index in [-0.39, 0.29) is 10.7 Å². The fourth-order valence-electron chi connectivity index (χ4n) is 3.46. The summed E-state index contributed by atoms with van der Waals surface area (Å²) < 4.78 is 28.2. The maximum Gasteiger partial charge on any atom is 0.262 e. The molecule has 0 fully saturated rings. The molecule has 1 aliphatic rings. The number of nitrogens with one attached hydrogen (secondary N) is 2. The number of carbonyl (C=O) groups is 1. The zero-order valence-electron chi connectivity index (χ0n) is 14.1. The standard InChI is InChI=1S/C19H17ClN2O3S/c1-11-9-14-16(21-15-3-2-4-17(23)19(14)15)10-18(11)26(24,25)22-13-7-5-12(20)6-8-13/h5-10,21-22H,2-4H2,1H3. The average Bonchev–Trinajstić information content (AvgIpc) is 2.95. The number of fused-ring (bicyclic) bond motifs is 3. The molecule has 1 heterocycles. The first-order valence-electron chi connectivity index (χ1n) is 8.32. The van der Waals surface area contributed by atoms with Crippen molar-refractivity contribution in [3.05, 3.63) is 58.2 Å². The van der Waals surface area contributed by atoms with Crippen LogP contribution >= 0.6 is 11.6 Å². The smallest absolute Gasteiger partial charge is 0.262 e. The van der Waals surface area contributed by atoms with Crippen molar-refractivity contribution in [1.82, 2.24) is 4.98 Å². The second-order valence-electron chi connectivity index (χ2n) is 6.53. The minimum absolute atomic E-state index is 0.117. The number of Topliss-reactive ketones (excluding diaryl/α,β-unsaturated/α-hetero) is 1. The lowest BCUT2D eigenvalue weighted by Gasteiger charge is -2.12. The Kier molecular flexibility index (Phi) is 4.04. The molecule has 0 saturated heterocycles. The van der Waals surface area contributed by atoms with Gasteiger partial charge in [0.05, 0.1) is 4.90 Å². The number of aromatic amines is 1. The molecule has 0 unspecified atom stereocenters. The van der Waals surface area contributed by atoms with E-state index in [9.17, 15) is 13.2 Å². The molecule has 7 heteroatoms. The van der Waals surface area contributed by atoms with Gasteiger partial charge in [-0.15, -0.1) is 0 Å². The van der Waals surface area contributed by atoms with Crippen LogP contribution < -0.4 is 4.72 Å². The molecule has 0 spiro atoms. The van der Waals surface area contributed by atoms with E-state index < -0.39 is 10.0 Å². The van der Waals surface area contributed by atoms with Crippen LogP contribution in [0.4, 0.5) is 5.69 Å². The van der Waals surface area contributed by atoms with Crippen LogP contribution in [0.25, 0.3) is 10.9 Å². The molecule has 0 radical (unpaired) electrons. The van der Waals surface area contributed by atoms with Crippen LogP contribution in [0.2, 0.25) is 5.02 Å². The predicted molar refractivity (Wildman–Crippen MR) is 103 cm³/mol. The van der Waals surface area contributed by atoms with Gasteiger partial charge in [0.2, 0.25) is 0 Å². The summed E-state index contributed by atoms with van der Waals surface area (Å²) in [6.45, 7) is 1.74. The molecule has 5 nitrogen and oxygen atoms in total. The van der Waals surface area contributed by atoms with E-state index in [1.54, 1.807) is 43.3 Å². The van der Waals surface area contributed by atoms with Gasteiger partial charge in [0, 0.05) is 39.3 Å². The minimum Gasteiger partial charge on any atom is -0.358 e. The highest BCUT2D eigenvalue weighted by atomic mass is 35.5. The number of hydrogen-bond donors (Lipinski definition) is 2. The predicted octanol–water partition coefficient (Wildman–Crippen LogP) is 4.45. The van der Waals surface area contributed by atoms with Crippen LogP contribution in [0.1, 0.15) is 34.5 Å². The summed E-state index contributed by atoms with van der Waals surface area (Å²) in [4.78, 5) is 15.7. The van der Waals surface area contributed by atoms with Gasteiger partial charge in [0.15, 0.2) is 5.78 Å². The Morgan fingerprint density at radius 2 is 1.85 bits per heavy atom. The van der Waals surface area contributed by atoms with Crippen molar-refractivity contribution in [2.45, 2.75) is 31.1 Å². The first kappa shape index (κ1) is 17.1. The summed E-state index contributed by atoms with van der Waals surface area (Å²) in [5.74, 6) is 0.117. The summed E-state index contributed by atoms with van der Waals surface area (Å²) in [7, 11) is -3.76. The van der Waals surface area contributed by atoms with E-state index in [0.29, 0.717) is 33.8 Å². The van der Waals surface area contributed by atoms with Gasteiger partial charge in [-0.25, -0.2) is 8.42 Å². The van der Waals surface area contributed by atoms with Gasteiger partial charge in [0.1, 0.15) is 0 Å². The number of H-pyrrole nitrogens is 1. The van der Waals surface area contributed by atoms with Crippen LogP contribution in [-0.4, -0.2) is 19.2 Å². The fourth-order valence-corrected chi connectivity index (χ4v) is 4.90. The molecule has 2 aromatic carbocycles. The highest BCUT2D eigenvalue weighted by molar-refractivity contribution is 7.92. The molecule has 134 valence electrons. The highest BCUT2D eigenvalue weighted by Gasteiger charge is 2.25. The van der Waals surface area contributed by atoms with E-state index in [4.69, 9.17) is 11.6 Å². The Morgan fingerprint density at radius 1 is 1.12 bits per heavy atom. The third-order valence-electron chi connectivity index (χ3n) is 4.67. The number of anilines is 1. The molecule has 0 aliphatic heterocycles. The van der Waals surface area contributed by atoms with Crippen molar-refractivity contribution in [2.24, 2.45) is 0 Å². The van der Waals surface area contributed by atoms with Gasteiger partial charge in [-0.1, -0.05) is 11.6 Å². The van der Waals surface area contributed by atoms with Crippen LogP contribution in [0.3, 0.4) is 0 Å². The van der Waals surface area contributed by atoms with Gasteiger partial charge in [-0.05, 0) is 61.7 Å². The first-order chi connectivity index (χ1) is 12.3. The Hall–Kier alpha value is -2.31. The van der Waals surface area contributed by atoms with Crippen LogP contribution in [0, 0.1) is 6.92 Å². The molecule has 1 aromatic heterocycles. The van der Waals surface area contributed by atoms with Crippen LogP contribution in [0.5, 0.6) is 0 Å². The summed E-state index contributed by atoms with van der Waals surface area (Å²) in [6.07, 6.45) is 2.16. The summed E-state index contributed by atoms with van der Waals surface area (Å²) >= 11 is 5.84. The molecular formula is C19H17ClN2O3S.